The molecule has 1 aromatic heterocycles. The minimum Gasteiger partial charge on any atom is -0.279 e. The van der Waals surface area contributed by atoms with Gasteiger partial charge < -0.3 is 0 Å². The van der Waals surface area contributed by atoms with Crippen molar-refractivity contribution in [1.82, 2.24) is 0 Å². The molecular weight excluding hydrogens is 370 g/mol. The summed E-state index contributed by atoms with van der Waals surface area (Å²) in [5, 5.41) is 0.396. The van der Waals surface area contributed by atoms with E-state index in [-0.39, 0.29) is 4.21 Å². The minimum absolute atomic E-state index is 0.186. The predicted molar refractivity (Wildman–Crippen MR) is 83.7 cm³/mol. The lowest BCUT2D eigenvalue weighted by Crippen LogP contribution is -2.11. The quantitative estimate of drug-likeness (QED) is 0.847. The number of hydrogen-bond acceptors (Lipinski definition) is 3. The van der Waals surface area contributed by atoms with Crippen molar-refractivity contribution in [2.24, 2.45) is 0 Å². The number of hydrogen-bond donors (Lipinski definition) is 1. The van der Waals surface area contributed by atoms with Gasteiger partial charge in [-0.3, -0.25) is 4.72 Å². The first kappa shape index (κ1) is 14.8. The summed E-state index contributed by atoms with van der Waals surface area (Å²) in [4.78, 5) is 0. The predicted octanol–water partition coefficient (Wildman–Crippen LogP) is 4.53. The highest BCUT2D eigenvalue weighted by Crippen LogP contribution is 2.35. The van der Waals surface area contributed by atoms with Crippen molar-refractivity contribution in [1.29, 1.82) is 0 Å². The normalized spacial score (nSPS) is 11.5. The lowest BCUT2D eigenvalue weighted by molar-refractivity contribution is 0.603. The largest absolute Gasteiger partial charge is 0.279 e. The van der Waals surface area contributed by atoms with Gasteiger partial charge in [-0.2, -0.15) is 0 Å². The number of nitrogens with one attached hydrogen (secondary N) is 1. The van der Waals surface area contributed by atoms with E-state index in [1.807, 2.05) is 25.1 Å². The topological polar surface area (TPSA) is 46.2 Å². The van der Waals surface area contributed by atoms with Crippen molar-refractivity contribution in [3.63, 3.8) is 0 Å². The maximum absolute atomic E-state index is 12.2. The fraction of sp³-hybridized carbons (Fsp3) is 0.167. The van der Waals surface area contributed by atoms with Crippen LogP contribution in [-0.2, 0) is 16.4 Å². The zero-order chi connectivity index (χ0) is 14.0. The van der Waals surface area contributed by atoms with E-state index in [4.69, 9.17) is 11.6 Å². The molecule has 2 aromatic rings. The highest BCUT2D eigenvalue weighted by atomic mass is 79.9. The highest BCUT2D eigenvalue weighted by Gasteiger charge is 2.19. The number of benzene rings is 1. The Kier molecular flexibility index (Phi) is 4.55. The van der Waals surface area contributed by atoms with Gasteiger partial charge in [0.2, 0.25) is 0 Å². The zero-order valence-corrected chi connectivity index (χ0v) is 14.0. The molecule has 0 fully saturated rings. The van der Waals surface area contributed by atoms with E-state index < -0.39 is 10.0 Å². The van der Waals surface area contributed by atoms with E-state index >= 15 is 0 Å². The van der Waals surface area contributed by atoms with Crippen LogP contribution in [0.5, 0.6) is 0 Å². The first-order valence-electron chi connectivity index (χ1n) is 5.49. The number of anilines is 1. The molecule has 19 heavy (non-hydrogen) atoms. The van der Waals surface area contributed by atoms with Crippen molar-refractivity contribution in [3.8, 4) is 0 Å². The van der Waals surface area contributed by atoms with Crippen molar-refractivity contribution >= 4 is 54.6 Å². The van der Waals surface area contributed by atoms with E-state index in [1.165, 1.54) is 6.07 Å². The Labute approximate surface area is 129 Å². The molecule has 1 N–H and O–H groups in total. The van der Waals surface area contributed by atoms with E-state index in [0.717, 1.165) is 23.3 Å². The van der Waals surface area contributed by atoms with Gasteiger partial charge in [0.05, 0.1) is 8.81 Å². The second-order valence-electron chi connectivity index (χ2n) is 3.85. The van der Waals surface area contributed by atoms with E-state index in [9.17, 15) is 8.42 Å². The third-order valence-corrected chi connectivity index (χ3v) is 6.80. The van der Waals surface area contributed by atoms with E-state index in [0.29, 0.717) is 14.5 Å². The van der Waals surface area contributed by atoms with Crippen molar-refractivity contribution < 1.29 is 8.42 Å². The summed E-state index contributed by atoms with van der Waals surface area (Å²) in [5.41, 5.74) is 1.63. The molecule has 0 bridgehead atoms. The second-order valence-corrected chi connectivity index (χ2v) is 8.53. The summed E-state index contributed by atoms with van der Waals surface area (Å²) in [5.74, 6) is 0. The van der Waals surface area contributed by atoms with Gasteiger partial charge in [-0.15, -0.1) is 11.3 Å². The molecule has 0 radical (unpaired) electrons. The van der Waals surface area contributed by atoms with Gasteiger partial charge in [0.25, 0.3) is 10.0 Å². The van der Waals surface area contributed by atoms with Crippen LogP contribution in [0.2, 0.25) is 5.02 Å². The number of aryl methyl sites for hydroxylation is 1. The molecule has 1 aromatic carbocycles. The summed E-state index contributed by atoms with van der Waals surface area (Å²) < 4.78 is 27.7. The zero-order valence-electron chi connectivity index (χ0n) is 9.98. The van der Waals surface area contributed by atoms with Crippen molar-refractivity contribution in [2.45, 2.75) is 17.6 Å². The number of thiophene rings is 1. The maximum Gasteiger partial charge on any atom is 0.271 e. The monoisotopic (exact) mass is 379 g/mol. The van der Waals surface area contributed by atoms with Gasteiger partial charge in [-0.25, -0.2) is 8.42 Å². The first-order valence-corrected chi connectivity index (χ1v) is 8.96. The van der Waals surface area contributed by atoms with Crippen LogP contribution in [0.15, 0.2) is 38.3 Å². The molecule has 0 amide bonds. The molecule has 0 aliphatic heterocycles. The van der Waals surface area contributed by atoms with Gasteiger partial charge in [-0.05, 0) is 46.1 Å². The van der Waals surface area contributed by atoms with Crippen LogP contribution in [-0.4, -0.2) is 8.42 Å². The molecular formula is C12H11BrClNO2S2. The number of halogens is 2. The second kappa shape index (κ2) is 5.83. The van der Waals surface area contributed by atoms with Crippen LogP contribution in [0.3, 0.4) is 0 Å². The molecule has 1 heterocycles. The van der Waals surface area contributed by atoms with E-state index in [1.54, 1.807) is 6.07 Å². The van der Waals surface area contributed by atoms with Crippen LogP contribution in [0.1, 0.15) is 12.5 Å². The minimum atomic E-state index is -3.59. The Morgan fingerprint density at radius 2 is 2.11 bits per heavy atom. The molecule has 0 saturated heterocycles. The summed E-state index contributed by atoms with van der Waals surface area (Å²) in [6.45, 7) is 2.02. The Balaban J connectivity index is 2.30. The Morgan fingerprint density at radius 3 is 2.68 bits per heavy atom. The molecule has 2 rings (SSSR count). The van der Waals surface area contributed by atoms with Crippen LogP contribution in [0.4, 0.5) is 5.69 Å². The molecule has 0 aliphatic carbocycles. The molecule has 0 aliphatic rings. The third kappa shape index (κ3) is 3.51. The molecule has 3 nitrogen and oxygen atoms in total. The average Bonchev–Trinajstić information content (AvgIpc) is 2.70. The molecule has 0 atom stereocenters. The molecule has 7 heteroatoms. The number of rotatable bonds is 4. The van der Waals surface area contributed by atoms with Gasteiger partial charge in [0.1, 0.15) is 4.21 Å². The van der Waals surface area contributed by atoms with Crippen LogP contribution in [0, 0.1) is 0 Å². The molecule has 102 valence electrons. The first-order chi connectivity index (χ1) is 8.92. The summed E-state index contributed by atoms with van der Waals surface area (Å²) in [6.07, 6.45) is 0.853. The van der Waals surface area contributed by atoms with Crippen LogP contribution >= 0.6 is 38.9 Å². The van der Waals surface area contributed by atoms with Crippen LogP contribution in [0.25, 0.3) is 0 Å². The Hall–Kier alpha value is -0.560. The average molecular weight is 381 g/mol. The Bertz CT molecular complexity index is 678. The summed E-state index contributed by atoms with van der Waals surface area (Å²) in [7, 11) is -3.59. The van der Waals surface area contributed by atoms with Gasteiger partial charge in [0, 0.05) is 5.69 Å². The van der Waals surface area contributed by atoms with E-state index in [2.05, 4.69) is 20.7 Å². The standard InChI is InChI=1S/C12H11BrClNO2S2/c1-2-8-4-3-5-9(6-8)15-19(16,17)11-7-10(14)12(13)18-11/h3-7,15H,2H2,1H3. The van der Waals surface area contributed by atoms with Gasteiger partial charge >= 0.3 is 0 Å². The van der Waals surface area contributed by atoms with Crippen LogP contribution < -0.4 is 4.72 Å². The fourth-order valence-corrected chi connectivity index (χ4v) is 4.97. The molecule has 0 spiro atoms. The summed E-state index contributed by atoms with van der Waals surface area (Å²) >= 11 is 10.2. The summed E-state index contributed by atoms with van der Waals surface area (Å²) in [6, 6.07) is 8.76. The van der Waals surface area contributed by atoms with Gasteiger partial charge in [0.15, 0.2) is 0 Å². The lowest BCUT2D eigenvalue weighted by Gasteiger charge is -2.07. The lowest BCUT2D eigenvalue weighted by atomic mass is 10.1. The maximum atomic E-state index is 12.2. The molecule has 0 saturated carbocycles. The fourth-order valence-electron chi connectivity index (χ4n) is 1.52. The smallest absolute Gasteiger partial charge is 0.271 e. The molecule has 0 unspecified atom stereocenters. The Morgan fingerprint density at radius 1 is 1.37 bits per heavy atom. The van der Waals surface area contributed by atoms with Crippen molar-refractivity contribution in [2.75, 3.05) is 4.72 Å². The number of sulfonamides is 1. The van der Waals surface area contributed by atoms with Crippen molar-refractivity contribution in [3.05, 3.63) is 44.7 Å². The van der Waals surface area contributed by atoms with Gasteiger partial charge in [-0.1, -0.05) is 30.7 Å². The third-order valence-electron chi connectivity index (χ3n) is 2.47. The highest BCUT2D eigenvalue weighted by molar-refractivity contribution is 9.11. The SMILES string of the molecule is CCc1cccc(NS(=O)(=O)c2cc(Cl)c(Br)s2)c1.